The summed E-state index contributed by atoms with van der Waals surface area (Å²) in [5, 5.41) is 0. The lowest BCUT2D eigenvalue weighted by atomic mass is 9.73. The van der Waals surface area contributed by atoms with Gasteiger partial charge in [0.25, 0.3) is 5.91 Å². The minimum Gasteiger partial charge on any atom is -0.481 e. The number of methoxy groups -OCH3 is 1. The van der Waals surface area contributed by atoms with Gasteiger partial charge in [0.2, 0.25) is 5.88 Å². The molecule has 0 radical (unpaired) electrons. The van der Waals surface area contributed by atoms with Crippen molar-refractivity contribution in [1.82, 2.24) is 9.88 Å². The highest BCUT2D eigenvalue weighted by Crippen LogP contribution is 2.51. The normalized spacial score (nSPS) is 26.2. The fourth-order valence-electron chi connectivity index (χ4n) is 7.11. The van der Waals surface area contributed by atoms with Gasteiger partial charge in [-0.1, -0.05) is 51.5 Å². The molecule has 3 aliphatic rings. The first-order valence-corrected chi connectivity index (χ1v) is 16.0. The first-order chi connectivity index (χ1) is 20.7. The number of amides is 1. The molecule has 8 nitrogen and oxygen atoms in total. The Hall–Kier alpha value is -2.97. The zero-order valence-corrected chi connectivity index (χ0v) is 26.6. The van der Waals surface area contributed by atoms with Gasteiger partial charge in [0.1, 0.15) is 12.1 Å². The summed E-state index contributed by atoms with van der Waals surface area (Å²) in [5.41, 5.74) is 3.67. The number of ether oxygens (including phenoxy) is 4. The number of nitrogens with zero attached hydrogens (tertiary/aromatic N) is 2. The quantitative estimate of drug-likeness (QED) is 0.316. The summed E-state index contributed by atoms with van der Waals surface area (Å²) < 4.78 is 24.3. The number of aryl methyl sites for hydroxylation is 1. The molecular formula is C35H48N2O6. The van der Waals surface area contributed by atoms with Crippen LogP contribution in [0.3, 0.4) is 0 Å². The molecule has 1 aromatic heterocycles. The van der Waals surface area contributed by atoms with Crippen LogP contribution in [0.2, 0.25) is 0 Å². The maximum atomic E-state index is 14.5. The number of carbonyl (C=O) groups excluding carboxylic acids is 2. The maximum absolute atomic E-state index is 14.5. The summed E-state index contributed by atoms with van der Waals surface area (Å²) in [5.74, 6) is 0.131. The number of pyridine rings is 1. The van der Waals surface area contributed by atoms with Crippen LogP contribution in [0, 0.1) is 18.3 Å². The van der Waals surface area contributed by atoms with Gasteiger partial charge < -0.3 is 23.8 Å². The summed E-state index contributed by atoms with van der Waals surface area (Å²) in [6.45, 7) is 11.2. The lowest BCUT2D eigenvalue weighted by Gasteiger charge is -2.36. The third-order valence-electron chi connectivity index (χ3n) is 9.50. The predicted octanol–water partition coefficient (Wildman–Crippen LogP) is 6.30. The fourth-order valence-corrected chi connectivity index (χ4v) is 7.11. The number of likely N-dealkylation sites (tertiary alicyclic amines) is 1. The Balaban J connectivity index is 1.61. The van der Waals surface area contributed by atoms with Crippen molar-refractivity contribution in [3.63, 3.8) is 0 Å². The van der Waals surface area contributed by atoms with Crippen molar-refractivity contribution in [2.24, 2.45) is 11.3 Å². The average molecular weight is 593 g/mol. The molecule has 5 rings (SSSR count). The van der Waals surface area contributed by atoms with Crippen LogP contribution in [0.25, 0.3) is 0 Å². The smallest absolute Gasteiger partial charge is 0.329 e. The van der Waals surface area contributed by atoms with E-state index in [0.29, 0.717) is 24.8 Å². The van der Waals surface area contributed by atoms with Gasteiger partial charge in [-0.05, 0) is 80.0 Å². The van der Waals surface area contributed by atoms with Crippen LogP contribution in [0.4, 0.5) is 0 Å². The molecule has 0 bridgehead atoms. The first-order valence-electron chi connectivity index (χ1n) is 16.0. The summed E-state index contributed by atoms with van der Waals surface area (Å²) in [7, 11) is 1.62. The van der Waals surface area contributed by atoms with E-state index in [-0.39, 0.29) is 25.0 Å². The van der Waals surface area contributed by atoms with E-state index in [1.54, 1.807) is 18.9 Å². The lowest BCUT2D eigenvalue weighted by Crippen LogP contribution is -2.51. The van der Waals surface area contributed by atoms with Gasteiger partial charge in [0.05, 0.1) is 32.5 Å². The monoisotopic (exact) mass is 592 g/mol. The second-order valence-electron chi connectivity index (χ2n) is 13.3. The van der Waals surface area contributed by atoms with Gasteiger partial charge in [-0.25, -0.2) is 9.78 Å². The van der Waals surface area contributed by atoms with Crippen molar-refractivity contribution < 1.29 is 28.5 Å². The lowest BCUT2D eigenvalue weighted by molar-refractivity contribution is -0.162. The Morgan fingerprint density at radius 2 is 1.86 bits per heavy atom. The summed E-state index contributed by atoms with van der Waals surface area (Å²) in [6.07, 6.45) is 6.86. The van der Waals surface area contributed by atoms with Crippen molar-refractivity contribution in [3.05, 3.63) is 58.8 Å². The first kappa shape index (κ1) is 31.5. The number of hydrogen-bond donors (Lipinski definition) is 0. The summed E-state index contributed by atoms with van der Waals surface area (Å²) in [6, 6.07) is 8.89. The molecule has 3 heterocycles. The van der Waals surface area contributed by atoms with Crippen LogP contribution < -0.4 is 4.74 Å². The molecule has 2 aromatic rings. The number of benzene rings is 1. The molecule has 5 atom stereocenters. The van der Waals surface area contributed by atoms with Gasteiger partial charge >= 0.3 is 5.97 Å². The van der Waals surface area contributed by atoms with Gasteiger partial charge in [-0.2, -0.15) is 0 Å². The molecule has 234 valence electrons. The molecule has 1 saturated carbocycles. The van der Waals surface area contributed by atoms with Gasteiger partial charge in [0, 0.05) is 24.3 Å². The molecule has 43 heavy (non-hydrogen) atoms. The second-order valence-corrected chi connectivity index (χ2v) is 13.3. The van der Waals surface area contributed by atoms with Crippen molar-refractivity contribution in [3.8, 4) is 5.88 Å². The largest absolute Gasteiger partial charge is 0.481 e. The Kier molecular flexibility index (Phi) is 9.76. The highest BCUT2D eigenvalue weighted by Gasteiger charge is 2.60. The average Bonchev–Trinajstić information content (AvgIpc) is 3.31. The minimum absolute atomic E-state index is 0.169. The van der Waals surface area contributed by atoms with E-state index >= 15 is 0 Å². The van der Waals surface area contributed by atoms with Crippen LogP contribution in [-0.4, -0.2) is 60.3 Å². The van der Waals surface area contributed by atoms with Gasteiger partial charge in [-0.15, -0.1) is 0 Å². The number of carbonyl (C=O) groups is 2. The molecule has 1 amide bonds. The van der Waals surface area contributed by atoms with Crippen LogP contribution in [0.15, 0.2) is 36.5 Å². The zero-order chi connectivity index (χ0) is 30.7. The number of esters is 1. The predicted molar refractivity (Wildman–Crippen MR) is 164 cm³/mol. The Morgan fingerprint density at radius 3 is 2.47 bits per heavy atom. The number of rotatable bonds is 9. The molecule has 0 spiro atoms. The van der Waals surface area contributed by atoms with Crippen molar-refractivity contribution >= 4 is 11.9 Å². The highest BCUT2D eigenvalue weighted by atomic mass is 16.5. The van der Waals surface area contributed by atoms with Gasteiger partial charge in [-0.3, -0.25) is 4.79 Å². The van der Waals surface area contributed by atoms with E-state index < -0.39 is 35.7 Å². The van der Waals surface area contributed by atoms with E-state index in [1.807, 2.05) is 37.4 Å². The van der Waals surface area contributed by atoms with E-state index in [9.17, 15) is 9.59 Å². The summed E-state index contributed by atoms with van der Waals surface area (Å²) >= 11 is 0. The minimum atomic E-state index is -0.825. The van der Waals surface area contributed by atoms with Crippen molar-refractivity contribution in [2.75, 3.05) is 20.3 Å². The van der Waals surface area contributed by atoms with Crippen LogP contribution in [0.1, 0.15) is 100 Å². The zero-order valence-electron chi connectivity index (χ0n) is 26.6. The number of aromatic nitrogens is 1. The molecule has 3 fully saturated rings. The van der Waals surface area contributed by atoms with E-state index in [4.69, 9.17) is 18.9 Å². The van der Waals surface area contributed by atoms with Crippen molar-refractivity contribution in [2.45, 2.75) is 110 Å². The van der Waals surface area contributed by atoms with E-state index in [1.165, 1.54) is 24.8 Å². The molecular weight excluding hydrogens is 544 g/mol. The molecule has 8 heteroatoms. The SMILES string of the molecule is CCOC(=O)[C@@H]1[C@@H](C(C)(C)C)[C@H](OCc2cc(C3CCC3)cnc2OC)[C@H](c2ccccc2C)N1C(=O)[C@@H]1CCCCO1. The Morgan fingerprint density at radius 1 is 1.09 bits per heavy atom. The number of hydrogen-bond acceptors (Lipinski definition) is 7. The standard InChI is InChI=1S/C35H48N2O6/c1-7-41-34(39)30-28(35(3,4)5)31(43-21-25-19-24(23-14-12-15-23)20-36-32(25)40-6)29(26-16-9-8-13-22(26)2)37(30)33(38)27-17-10-11-18-42-27/h8-9,13,16,19-20,23,27-31H,7,10-12,14-15,17-18,21H2,1-6H3/t27-,28+,29-,30-,31-/m0/s1. The highest BCUT2D eigenvalue weighted by molar-refractivity contribution is 5.89. The van der Waals surface area contributed by atoms with Crippen LogP contribution in [-0.2, 0) is 30.4 Å². The van der Waals surface area contributed by atoms with Crippen molar-refractivity contribution in [1.29, 1.82) is 0 Å². The second kappa shape index (κ2) is 13.3. The molecule has 0 N–H and O–H groups in total. The molecule has 0 unspecified atom stereocenters. The van der Waals surface area contributed by atoms with E-state index in [2.05, 4.69) is 31.8 Å². The maximum Gasteiger partial charge on any atom is 0.329 e. The molecule has 1 aromatic carbocycles. The summed E-state index contributed by atoms with van der Waals surface area (Å²) in [4.78, 5) is 34.8. The third-order valence-corrected chi connectivity index (χ3v) is 9.50. The fraction of sp³-hybridized carbons (Fsp3) is 0.629. The van der Waals surface area contributed by atoms with Crippen LogP contribution >= 0.6 is 0 Å². The Bertz CT molecular complexity index is 1280. The third kappa shape index (κ3) is 6.46. The molecule has 2 saturated heterocycles. The topological polar surface area (TPSA) is 87.2 Å². The van der Waals surface area contributed by atoms with Gasteiger partial charge in [0.15, 0.2) is 0 Å². The molecule has 1 aliphatic carbocycles. The molecule has 2 aliphatic heterocycles. The van der Waals surface area contributed by atoms with E-state index in [0.717, 1.165) is 29.5 Å². The van der Waals surface area contributed by atoms with Crippen LogP contribution in [0.5, 0.6) is 5.88 Å². The Labute approximate surface area is 256 Å².